The molecule has 0 spiro atoms. The Labute approximate surface area is 184 Å². The highest BCUT2D eigenvalue weighted by atomic mass is 14.3. The molecule has 2 aromatic carbocycles. The van der Waals surface area contributed by atoms with Crippen molar-refractivity contribution in [2.75, 3.05) is 0 Å². The zero-order valence-corrected chi connectivity index (χ0v) is 19.0. The molecule has 0 N–H and O–H groups in total. The standard InChI is InChI=1S/C30H38/c1-3-5-6-10-27-17-21-29(22-18-27)30-23-19-28(20-24-30)12-8-7-11-26-15-13-25(9-4-2)14-16-26/h8,12-18,21-22,28,30H,3-6,9-10,19-20,23-24H2,1-2H3/b12-8+/t28-,30-. The minimum absolute atomic E-state index is 0.691. The van der Waals surface area contributed by atoms with Crippen LogP contribution < -0.4 is 0 Å². The fourth-order valence-corrected chi connectivity index (χ4v) is 4.53. The first kappa shape index (κ1) is 22.4. The molecule has 0 aliphatic heterocycles. The topological polar surface area (TPSA) is 0 Å². The van der Waals surface area contributed by atoms with E-state index in [-0.39, 0.29) is 0 Å². The molecule has 1 aliphatic carbocycles. The predicted molar refractivity (Wildman–Crippen MR) is 131 cm³/mol. The first-order valence-electron chi connectivity index (χ1n) is 12.1. The fourth-order valence-electron chi connectivity index (χ4n) is 4.53. The fraction of sp³-hybridized carbons (Fsp3) is 0.467. The van der Waals surface area contributed by atoms with Gasteiger partial charge in [-0.15, -0.1) is 0 Å². The van der Waals surface area contributed by atoms with Crippen molar-refractivity contribution in [3.05, 3.63) is 82.9 Å². The van der Waals surface area contributed by atoms with Crippen LogP contribution in [0.2, 0.25) is 0 Å². The third-order valence-electron chi connectivity index (χ3n) is 6.45. The Balaban J connectivity index is 1.43. The van der Waals surface area contributed by atoms with E-state index in [1.54, 1.807) is 5.56 Å². The summed E-state index contributed by atoms with van der Waals surface area (Å²) in [5.74, 6) is 7.95. The van der Waals surface area contributed by atoms with Crippen LogP contribution in [0.1, 0.15) is 93.4 Å². The number of rotatable bonds is 8. The van der Waals surface area contributed by atoms with Crippen LogP contribution in [0.4, 0.5) is 0 Å². The highest BCUT2D eigenvalue weighted by Gasteiger charge is 2.20. The highest BCUT2D eigenvalue weighted by Crippen LogP contribution is 2.36. The Kier molecular flexibility index (Phi) is 9.30. The SMILES string of the molecule is CCCCCc1ccc([C@H]2CC[C@H](/C=C/C#Cc3ccc(CCC)cc3)CC2)cc1. The molecule has 158 valence electrons. The van der Waals surface area contributed by atoms with Gasteiger partial charge in [0, 0.05) is 5.56 Å². The molecule has 0 bridgehead atoms. The lowest BCUT2D eigenvalue weighted by Crippen LogP contribution is -2.11. The van der Waals surface area contributed by atoms with Gasteiger partial charge in [-0.1, -0.05) is 87.4 Å². The van der Waals surface area contributed by atoms with Gasteiger partial charge in [0.05, 0.1) is 0 Å². The average Bonchev–Trinajstić information content (AvgIpc) is 2.79. The molecule has 0 radical (unpaired) electrons. The van der Waals surface area contributed by atoms with E-state index in [0.29, 0.717) is 5.92 Å². The minimum Gasteiger partial charge on any atom is -0.0730 e. The number of unbranched alkanes of at least 4 members (excludes halogenated alkanes) is 2. The van der Waals surface area contributed by atoms with E-state index < -0.39 is 0 Å². The number of hydrogen-bond donors (Lipinski definition) is 0. The molecule has 0 aromatic heterocycles. The van der Waals surface area contributed by atoms with Gasteiger partial charge in [0.1, 0.15) is 0 Å². The molecule has 2 aromatic rings. The van der Waals surface area contributed by atoms with Crippen molar-refractivity contribution in [1.29, 1.82) is 0 Å². The van der Waals surface area contributed by atoms with Crippen LogP contribution in [0, 0.1) is 17.8 Å². The maximum Gasteiger partial charge on any atom is 0.0249 e. The van der Waals surface area contributed by atoms with Gasteiger partial charge in [0.2, 0.25) is 0 Å². The minimum atomic E-state index is 0.691. The van der Waals surface area contributed by atoms with E-state index in [1.165, 1.54) is 68.9 Å². The summed E-state index contributed by atoms with van der Waals surface area (Å²) < 4.78 is 0. The molecule has 3 rings (SSSR count). The number of aryl methyl sites for hydroxylation is 2. The van der Waals surface area contributed by atoms with Crippen LogP contribution in [0.3, 0.4) is 0 Å². The van der Waals surface area contributed by atoms with Crippen molar-refractivity contribution >= 4 is 0 Å². The largest absolute Gasteiger partial charge is 0.0730 e. The molecule has 1 aliphatic rings. The Morgan fingerprint density at radius 1 is 0.767 bits per heavy atom. The summed E-state index contributed by atoms with van der Waals surface area (Å²) in [5.41, 5.74) is 5.56. The summed E-state index contributed by atoms with van der Waals surface area (Å²) in [6, 6.07) is 18.2. The van der Waals surface area contributed by atoms with E-state index >= 15 is 0 Å². The second kappa shape index (κ2) is 12.4. The third-order valence-corrected chi connectivity index (χ3v) is 6.45. The zero-order chi connectivity index (χ0) is 21.0. The number of allylic oxidation sites excluding steroid dienone is 2. The van der Waals surface area contributed by atoms with Gasteiger partial charge in [-0.2, -0.15) is 0 Å². The molecule has 1 saturated carbocycles. The summed E-state index contributed by atoms with van der Waals surface area (Å²) >= 11 is 0. The summed E-state index contributed by atoms with van der Waals surface area (Å²) in [7, 11) is 0. The van der Waals surface area contributed by atoms with Crippen molar-refractivity contribution in [2.45, 2.75) is 84.0 Å². The van der Waals surface area contributed by atoms with Crippen molar-refractivity contribution in [3.63, 3.8) is 0 Å². The van der Waals surface area contributed by atoms with Gasteiger partial charge < -0.3 is 0 Å². The quantitative estimate of drug-likeness (QED) is 0.310. The Bertz CT molecular complexity index is 818. The van der Waals surface area contributed by atoms with Gasteiger partial charge in [-0.25, -0.2) is 0 Å². The van der Waals surface area contributed by atoms with Crippen LogP contribution in [-0.4, -0.2) is 0 Å². The van der Waals surface area contributed by atoms with Crippen LogP contribution in [0.5, 0.6) is 0 Å². The number of benzene rings is 2. The summed E-state index contributed by atoms with van der Waals surface area (Å²) in [5, 5.41) is 0. The van der Waals surface area contributed by atoms with E-state index in [4.69, 9.17) is 0 Å². The smallest absolute Gasteiger partial charge is 0.0249 e. The van der Waals surface area contributed by atoms with Crippen LogP contribution in [0.25, 0.3) is 0 Å². The lowest BCUT2D eigenvalue weighted by atomic mass is 9.78. The summed E-state index contributed by atoms with van der Waals surface area (Å²) in [4.78, 5) is 0. The molecule has 0 nitrogen and oxygen atoms in total. The maximum atomic E-state index is 3.27. The average molecular weight is 399 g/mol. The highest BCUT2D eigenvalue weighted by molar-refractivity contribution is 5.38. The van der Waals surface area contributed by atoms with Gasteiger partial charge in [-0.05, 0) is 91.7 Å². The lowest BCUT2D eigenvalue weighted by Gasteiger charge is -2.27. The molecular weight excluding hydrogens is 360 g/mol. The molecule has 0 heterocycles. The second-order valence-electron chi connectivity index (χ2n) is 8.89. The van der Waals surface area contributed by atoms with Crippen LogP contribution >= 0.6 is 0 Å². The first-order chi connectivity index (χ1) is 14.8. The maximum absolute atomic E-state index is 3.27. The normalized spacial score (nSPS) is 18.9. The molecule has 0 unspecified atom stereocenters. The Hall–Kier alpha value is -2.26. The monoisotopic (exact) mass is 398 g/mol. The lowest BCUT2D eigenvalue weighted by molar-refractivity contribution is 0.376. The molecular formula is C30H38. The summed E-state index contributed by atoms with van der Waals surface area (Å²) in [6.07, 6.45) is 17.1. The number of hydrogen-bond acceptors (Lipinski definition) is 0. The molecule has 0 atom stereocenters. The summed E-state index contributed by atoms with van der Waals surface area (Å²) in [6.45, 7) is 4.49. The van der Waals surface area contributed by atoms with Crippen LogP contribution in [-0.2, 0) is 12.8 Å². The van der Waals surface area contributed by atoms with E-state index in [0.717, 1.165) is 17.9 Å². The van der Waals surface area contributed by atoms with Gasteiger partial charge in [0.25, 0.3) is 0 Å². The van der Waals surface area contributed by atoms with E-state index in [9.17, 15) is 0 Å². The Morgan fingerprint density at radius 3 is 2.10 bits per heavy atom. The van der Waals surface area contributed by atoms with Crippen molar-refractivity contribution < 1.29 is 0 Å². The van der Waals surface area contributed by atoms with Crippen molar-refractivity contribution in [3.8, 4) is 11.8 Å². The predicted octanol–water partition coefficient (Wildman–Crippen LogP) is 8.25. The van der Waals surface area contributed by atoms with E-state index in [1.807, 2.05) is 0 Å². The van der Waals surface area contributed by atoms with Crippen molar-refractivity contribution in [2.24, 2.45) is 5.92 Å². The first-order valence-corrected chi connectivity index (χ1v) is 12.1. The molecule has 0 saturated heterocycles. The van der Waals surface area contributed by atoms with Crippen molar-refractivity contribution in [1.82, 2.24) is 0 Å². The molecule has 30 heavy (non-hydrogen) atoms. The molecule has 0 heteroatoms. The van der Waals surface area contributed by atoms with Gasteiger partial charge in [-0.3, -0.25) is 0 Å². The van der Waals surface area contributed by atoms with Crippen LogP contribution in [0.15, 0.2) is 60.7 Å². The van der Waals surface area contributed by atoms with Gasteiger partial charge >= 0.3 is 0 Å². The third kappa shape index (κ3) is 7.21. The Morgan fingerprint density at radius 2 is 1.43 bits per heavy atom. The second-order valence-corrected chi connectivity index (χ2v) is 8.89. The molecule has 0 amide bonds. The van der Waals surface area contributed by atoms with Gasteiger partial charge in [0.15, 0.2) is 0 Å². The van der Waals surface area contributed by atoms with E-state index in [2.05, 4.69) is 86.4 Å². The molecule has 1 fully saturated rings. The zero-order valence-electron chi connectivity index (χ0n) is 19.0.